The van der Waals surface area contributed by atoms with Crippen LogP contribution in [-0.2, 0) is 0 Å². The van der Waals surface area contributed by atoms with Crippen molar-refractivity contribution in [1.82, 2.24) is 0 Å². The average Bonchev–Trinajstić information content (AvgIpc) is 2.36. The van der Waals surface area contributed by atoms with Gasteiger partial charge in [0.15, 0.2) is 0 Å². The minimum absolute atomic E-state index is 0.204. The summed E-state index contributed by atoms with van der Waals surface area (Å²) in [7, 11) is 0. The third kappa shape index (κ3) is 3.50. The van der Waals surface area contributed by atoms with E-state index in [0.29, 0.717) is 17.2 Å². The summed E-state index contributed by atoms with van der Waals surface area (Å²) in [5.41, 5.74) is 3.25. The molecule has 2 rings (SSSR count). The van der Waals surface area contributed by atoms with Crippen molar-refractivity contribution in [3.05, 3.63) is 76.9 Å². The van der Waals surface area contributed by atoms with Gasteiger partial charge in [-0.25, -0.2) is 0 Å². The standard InChI is InChI=1S/C17H15F3/c1-12-8-9-15(13(2)10-12)16(11-17(18,19)20)14-6-4-3-5-7-14/h3-11H,1-2H3/b16-11-. The molecular weight excluding hydrogens is 261 g/mol. The molecule has 0 heterocycles. The van der Waals surface area contributed by atoms with Crippen LogP contribution in [0.5, 0.6) is 0 Å². The third-order valence-electron chi connectivity index (χ3n) is 3.06. The molecule has 0 saturated heterocycles. The Bertz CT molecular complexity index is 622. The van der Waals surface area contributed by atoms with E-state index in [-0.39, 0.29) is 5.57 Å². The molecule has 0 nitrogen and oxygen atoms in total. The van der Waals surface area contributed by atoms with Crippen molar-refractivity contribution in [2.24, 2.45) is 0 Å². The maximum Gasteiger partial charge on any atom is 0.410 e. The van der Waals surface area contributed by atoms with Crippen molar-refractivity contribution in [3.8, 4) is 0 Å². The number of hydrogen-bond acceptors (Lipinski definition) is 0. The van der Waals surface area contributed by atoms with Gasteiger partial charge in [0.1, 0.15) is 0 Å². The molecule has 0 N–H and O–H groups in total. The Hall–Kier alpha value is -2.03. The van der Waals surface area contributed by atoms with Gasteiger partial charge in [-0.3, -0.25) is 0 Å². The number of benzene rings is 2. The first-order valence-electron chi connectivity index (χ1n) is 6.29. The number of allylic oxidation sites excluding steroid dienone is 1. The number of halogens is 3. The summed E-state index contributed by atoms with van der Waals surface area (Å²) in [6.07, 6.45) is -3.97. The molecule has 0 bridgehead atoms. The van der Waals surface area contributed by atoms with E-state index in [1.165, 1.54) is 0 Å². The van der Waals surface area contributed by atoms with Crippen LogP contribution in [-0.4, -0.2) is 6.18 Å². The van der Waals surface area contributed by atoms with Crippen LogP contribution < -0.4 is 0 Å². The average molecular weight is 276 g/mol. The summed E-state index contributed by atoms with van der Waals surface area (Å²) < 4.78 is 38.4. The van der Waals surface area contributed by atoms with E-state index in [1.807, 2.05) is 26.0 Å². The molecule has 0 unspecified atom stereocenters. The van der Waals surface area contributed by atoms with Gasteiger partial charge in [-0.15, -0.1) is 0 Å². The molecule has 0 saturated carbocycles. The van der Waals surface area contributed by atoms with Crippen molar-refractivity contribution in [2.45, 2.75) is 20.0 Å². The van der Waals surface area contributed by atoms with Gasteiger partial charge in [0, 0.05) is 6.08 Å². The molecule has 2 aromatic carbocycles. The Labute approximate surface area is 116 Å². The quantitative estimate of drug-likeness (QED) is 0.698. The van der Waals surface area contributed by atoms with Crippen LogP contribution >= 0.6 is 0 Å². The fourth-order valence-corrected chi connectivity index (χ4v) is 2.21. The minimum Gasteiger partial charge on any atom is -0.167 e. The summed E-state index contributed by atoms with van der Waals surface area (Å²) in [5, 5.41) is 0. The fourth-order valence-electron chi connectivity index (χ4n) is 2.21. The summed E-state index contributed by atoms with van der Waals surface area (Å²) in [6, 6.07) is 14.1. The first-order valence-corrected chi connectivity index (χ1v) is 6.29. The van der Waals surface area contributed by atoms with Crippen LogP contribution in [0.2, 0.25) is 0 Å². The highest BCUT2D eigenvalue weighted by molar-refractivity contribution is 5.81. The Morgan fingerprint density at radius 3 is 2.15 bits per heavy atom. The number of alkyl halides is 3. The first-order chi connectivity index (χ1) is 9.37. The molecular formula is C17H15F3. The third-order valence-corrected chi connectivity index (χ3v) is 3.06. The Morgan fingerprint density at radius 1 is 0.950 bits per heavy atom. The minimum atomic E-state index is -4.34. The first kappa shape index (κ1) is 14.4. The normalized spacial score (nSPS) is 12.6. The van der Waals surface area contributed by atoms with E-state index in [0.717, 1.165) is 11.1 Å². The number of hydrogen-bond donors (Lipinski definition) is 0. The molecule has 0 atom stereocenters. The van der Waals surface area contributed by atoms with Gasteiger partial charge in [0.2, 0.25) is 0 Å². The van der Waals surface area contributed by atoms with Gasteiger partial charge in [0.25, 0.3) is 0 Å². The topological polar surface area (TPSA) is 0 Å². The van der Waals surface area contributed by atoms with Gasteiger partial charge < -0.3 is 0 Å². The van der Waals surface area contributed by atoms with Crippen LogP contribution in [0.3, 0.4) is 0 Å². The van der Waals surface area contributed by atoms with Gasteiger partial charge in [0.05, 0.1) is 0 Å². The van der Waals surface area contributed by atoms with Crippen LogP contribution in [0.4, 0.5) is 13.2 Å². The summed E-state index contributed by atoms with van der Waals surface area (Å²) >= 11 is 0. The lowest BCUT2D eigenvalue weighted by atomic mass is 9.93. The van der Waals surface area contributed by atoms with Gasteiger partial charge in [-0.05, 0) is 36.1 Å². The predicted molar refractivity (Wildman–Crippen MR) is 75.5 cm³/mol. The lowest BCUT2D eigenvalue weighted by Gasteiger charge is -2.13. The predicted octanol–water partition coefficient (Wildman–Crippen LogP) is 5.30. The number of rotatable bonds is 2. The molecule has 2 aromatic rings. The largest absolute Gasteiger partial charge is 0.410 e. The highest BCUT2D eigenvalue weighted by Gasteiger charge is 2.26. The van der Waals surface area contributed by atoms with E-state index in [4.69, 9.17) is 0 Å². The van der Waals surface area contributed by atoms with Crippen LogP contribution in [0.25, 0.3) is 5.57 Å². The van der Waals surface area contributed by atoms with Crippen molar-refractivity contribution >= 4 is 5.57 Å². The molecule has 0 aromatic heterocycles. The van der Waals surface area contributed by atoms with Gasteiger partial charge in [-0.2, -0.15) is 13.2 Å². The smallest absolute Gasteiger partial charge is 0.167 e. The zero-order valence-corrected chi connectivity index (χ0v) is 11.3. The molecule has 0 aliphatic carbocycles. The maximum atomic E-state index is 12.8. The monoisotopic (exact) mass is 276 g/mol. The van der Waals surface area contributed by atoms with Crippen molar-refractivity contribution in [1.29, 1.82) is 0 Å². The molecule has 0 amide bonds. The summed E-state index contributed by atoms with van der Waals surface area (Å²) in [5.74, 6) is 0. The van der Waals surface area contributed by atoms with Crippen LogP contribution in [0.15, 0.2) is 54.6 Å². The lowest BCUT2D eigenvalue weighted by Crippen LogP contribution is -2.05. The molecule has 0 aliphatic heterocycles. The van der Waals surface area contributed by atoms with E-state index in [2.05, 4.69) is 0 Å². The molecule has 0 fully saturated rings. The molecule has 0 aliphatic rings. The molecule has 0 spiro atoms. The molecule has 20 heavy (non-hydrogen) atoms. The SMILES string of the molecule is Cc1ccc(/C(=C\C(F)(F)F)c2ccccc2)c(C)c1. The van der Waals surface area contributed by atoms with Crippen molar-refractivity contribution in [3.63, 3.8) is 0 Å². The van der Waals surface area contributed by atoms with Crippen molar-refractivity contribution in [2.75, 3.05) is 0 Å². The highest BCUT2D eigenvalue weighted by atomic mass is 19.4. The summed E-state index contributed by atoms with van der Waals surface area (Å²) in [4.78, 5) is 0. The van der Waals surface area contributed by atoms with Crippen molar-refractivity contribution < 1.29 is 13.2 Å². The highest BCUT2D eigenvalue weighted by Crippen LogP contribution is 2.31. The summed E-state index contributed by atoms with van der Waals surface area (Å²) in [6.45, 7) is 3.75. The Kier molecular flexibility index (Phi) is 3.98. The van der Waals surface area contributed by atoms with Crippen LogP contribution in [0.1, 0.15) is 22.3 Å². The fraction of sp³-hybridized carbons (Fsp3) is 0.176. The molecule has 104 valence electrons. The van der Waals surface area contributed by atoms with E-state index in [1.54, 1.807) is 36.4 Å². The maximum absolute atomic E-state index is 12.8. The second-order valence-corrected chi connectivity index (χ2v) is 4.78. The molecule has 0 radical (unpaired) electrons. The van der Waals surface area contributed by atoms with E-state index in [9.17, 15) is 13.2 Å². The second-order valence-electron chi connectivity index (χ2n) is 4.78. The van der Waals surface area contributed by atoms with Gasteiger partial charge >= 0.3 is 6.18 Å². The Morgan fingerprint density at radius 2 is 1.60 bits per heavy atom. The van der Waals surface area contributed by atoms with Crippen LogP contribution in [0, 0.1) is 13.8 Å². The molecule has 3 heteroatoms. The van der Waals surface area contributed by atoms with Gasteiger partial charge in [-0.1, -0.05) is 54.1 Å². The second kappa shape index (κ2) is 5.53. The van der Waals surface area contributed by atoms with E-state index >= 15 is 0 Å². The Balaban J connectivity index is 2.62. The zero-order chi connectivity index (χ0) is 14.8. The zero-order valence-electron chi connectivity index (χ0n) is 11.3. The lowest BCUT2D eigenvalue weighted by molar-refractivity contribution is -0.0793. The van der Waals surface area contributed by atoms with E-state index < -0.39 is 6.18 Å². The number of aryl methyl sites for hydroxylation is 2.